The molecule has 0 aliphatic carbocycles. The van der Waals surface area contributed by atoms with Crippen molar-refractivity contribution >= 4 is 21.8 Å². The topological polar surface area (TPSA) is 51.2 Å². The molecule has 0 bridgehead atoms. The van der Waals surface area contributed by atoms with Gasteiger partial charge in [-0.25, -0.2) is 4.98 Å². The number of nitrogens with one attached hydrogen (secondary N) is 1. The third kappa shape index (κ3) is 5.79. The van der Waals surface area contributed by atoms with Crippen molar-refractivity contribution in [3.05, 3.63) is 28.5 Å². The van der Waals surface area contributed by atoms with Gasteiger partial charge in [0.15, 0.2) is 0 Å². The minimum atomic E-state index is -0.102. The lowest BCUT2D eigenvalue weighted by atomic mass is 10.2. The molecule has 0 unspecified atom stereocenters. The maximum Gasteiger partial charge on any atom is 0.252 e. The molecule has 1 rings (SSSR count). The van der Waals surface area contributed by atoms with Gasteiger partial charge in [0, 0.05) is 19.3 Å². The predicted octanol–water partition coefficient (Wildman–Crippen LogP) is 2.39. The second kappa shape index (κ2) is 7.40. The Kier molecular flexibility index (Phi) is 6.15. The Morgan fingerprint density at radius 2 is 2.29 bits per heavy atom. The van der Waals surface area contributed by atoms with E-state index in [1.54, 1.807) is 18.3 Å². The van der Waals surface area contributed by atoms with Crippen LogP contribution in [0.1, 0.15) is 30.6 Å². The largest absolute Gasteiger partial charge is 0.379 e. The quantitative estimate of drug-likeness (QED) is 0.648. The molecule has 1 aromatic heterocycles. The van der Waals surface area contributed by atoms with Crippen molar-refractivity contribution < 1.29 is 9.53 Å². The highest BCUT2D eigenvalue weighted by molar-refractivity contribution is 9.10. The fourth-order valence-corrected chi connectivity index (χ4v) is 1.44. The van der Waals surface area contributed by atoms with Gasteiger partial charge in [-0.15, -0.1) is 0 Å². The lowest BCUT2D eigenvalue weighted by Crippen LogP contribution is -2.25. The smallest absolute Gasteiger partial charge is 0.252 e. The molecule has 0 aliphatic rings. The Bertz CT molecular complexity index is 352. The number of rotatable bonds is 6. The molecule has 0 fully saturated rings. The molecule has 0 atom stereocenters. The monoisotopic (exact) mass is 300 g/mol. The SMILES string of the molecule is CC(C)OCCCNC(=O)c1ccc(Br)nc1. The van der Waals surface area contributed by atoms with Gasteiger partial charge in [-0.2, -0.15) is 0 Å². The fourth-order valence-electron chi connectivity index (χ4n) is 1.21. The zero-order valence-corrected chi connectivity index (χ0v) is 11.7. The summed E-state index contributed by atoms with van der Waals surface area (Å²) in [5.41, 5.74) is 0.568. The summed E-state index contributed by atoms with van der Waals surface area (Å²) >= 11 is 3.22. The second-order valence-corrected chi connectivity index (χ2v) is 4.71. The fraction of sp³-hybridized carbons (Fsp3) is 0.500. The molecule has 0 aliphatic heterocycles. The van der Waals surface area contributed by atoms with E-state index >= 15 is 0 Å². The van der Waals surface area contributed by atoms with Gasteiger partial charge in [0.05, 0.1) is 11.7 Å². The number of pyridine rings is 1. The molecule has 0 aromatic carbocycles. The number of hydrogen-bond acceptors (Lipinski definition) is 3. The van der Waals surface area contributed by atoms with Crippen LogP contribution in [0.3, 0.4) is 0 Å². The van der Waals surface area contributed by atoms with Crippen molar-refractivity contribution in [3.8, 4) is 0 Å². The molecular formula is C12H17BrN2O2. The zero-order chi connectivity index (χ0) is 12.7. The molecule has 1 N–H and O–H groups in total. The van der Waals surface area contributed by atoms with Crippen LogP contribution in [0.2, 0.25) is 0 Å². The van der Waals surface area contributed by atoms with Crippen LogP contribution >= 0.6 is 15.9 Å². The first kappa shape index (κ1) is 14.1. The molecule has 5 heteroatoms. The van der Waals surface area contributed by atoms with Crippen LogP contribution in [0, 0.1) is 0 Å². The van der Waals surface area contributed by atoms with E-state index in [-0.39, 0.29) is 12.0 Å². The van der Waals surface area contributed by atoms with Gasteiger partial charge < -0.3 is 10.1 Å². The summed E-state index contributed by atoms with van der Waals surface area (Å²) in [6.45, 7) is 5.26. The lowest BCUT2D eigenvalue weighted by Gasteiger charge is -2.08. The average Bonchev–Trinajstić information content (AvgIpc) is 2.29. The van der Waals surface area contributed by atoms with Gasteiger partial charge in [0.2, 0.25) is 0 Å². The number of hydrogen-bond donors (Lipinski definition) is 1. The van der Waals surface area contributed by atoms with Crippen molar-refractivity contribution in [3.63, 3.8) is 0 Å². The molecule has 1 aromatic rings. The van der Waals surface area contributed by atoms with E-state index in [2.05, 4.69) is 26.2 Å². The number of ether oxygens (including phenoxy) is 1. The summed E-state index contributed by atoms with van der Waals surface area (Å²) in [6, 6.07) is 3.48. The van der Waals surface area contributed by atoms with E-state index in [9.17, 15) is 4.79 Å². The van der Waals surface area contributed by atoms with Crippen molar-refractivity contribution in [2.24, 2.45) is 0 Å². The summed E-state index contributed by atoms with van der Waals surface area (Å²) in [6.07, 6.45) is 2.60. The van der Waals surface area contributed by atoms with E-state index in [0.717, 1.165) is 11.0 Å². The third-order valence-corrected chi connectivity index (χ3v) is 2.52. The maximum atomic E-state index is 11.6. The van der Waals surface area contributed by atoms with Gasteiger partial charge in [0.1, 0.15) is 4.60 Å². The Labute approximate surface area is 110 Å². The van der Waals surface area contributed by atoms with E-state index in [1.807, 2.05) is 13.8 Å². The minimum Gasteiger partial charge on any atom is -0.379 e. The molecular weight excluding hydrogens is 284 g/mol. The third-order valence-electron chi connectivity index (χ3n) is 2.05. The van der Waals surface area contributed by atoms with Crippen molar-refractivity contribution in [2.75, 3.05) is 13.2 Å². The first-order chi connectivity index (χ1) is 8.09. The highest BCUT2D eigenvalue weighted by Gasteiger charge is 2.04. The molecule has 17 heavy (non-hydrogen) atoms. The Hall–Kier alpha value is -0.940. The van der Waals surface area contributed by atoms with Crippen LogP contribution in [0.4, 0.5) is 0 Å². The van der Waals surface area contributed by atoms with Crippen LogP contribution in [0.25, 0.3) is 0 Å². The van der Waals surface area contributed by atoms with Crippen molar-refractivity contribution in [2.45, 2.75) is 26.4 Å². The lowest BCUT2D eigenvalue weighted by molar-refractivity contribution is 0.0757. The summed E-state index contributed by atoms with van der Waals surface area (Å²) in [5, 5.41) is 2.82. The average molecular weight is 301 g/mol. The summed E-state index contributed by atoms with van der Waals surface area (Å²) in [7, 11) is 0. The van der Waals surface area contributed by atoms with Crippen LogP contribution < -0.4 is 5.32 Å². The molecule has 1 amide bonds. The van der Waals surface area contributed by atoms with E-state index in [4.69, 9.17) is 4.74 Å². The normalized spacial score (nSPS) is 10.6. The molecule has 0 radical (unpaired) electrons. The number of carbonyl (C=O) groups is 1. The molecule has 4 nitrogen and oxygen atoms in total. The van der Waals surface area contributed by atoms with Gasteiger partial charge in [-0.05, 0) is 48.3 Å². The first-order valence-corrected chi connectivity index (χ1v) is 6.40. The molecule has 0 saturated heterocycles. The highest BCUT2D eigenvalue weighted by atomic mass is 79.9. The van der Waals surface area contributed by atoms with Crippen LogP contribution in [0.5, 0.6) is 0 Å². The minimum absolute atomic E-state index is 0.102. The standard InChI is InChI=1S/C12H17BrN2O2/c1-9(2)17-7-3-6-14-12(16)10-4-5-11(13)15-8-10/h4-5,8-9H,3,6-7H2,1-2H3,(H,14,16). The molecule has 0 spiro atoms. The Balaban J connectivity index is 2.23. The zero-order valence-electron chi connectivity index (χ0n) is 10.1. The number of nitrogens with zero attached hydrogens (tertiary/aromatic N) is 1. The number of aromatic nitrogens is 1. The summed E-state index contributed by atoms with van der Waals surface area (Å²) in [4.78, 5) is 15.6. The van der Waals surface area contributed by atoms with Crippen LogP contribution in [-0.2, 0) is 4.74 Å². The predicted molar refractivity (Wildman–Crippen MR) is 70.0 cm³/mol. The molecule has 94 valence electrons. The first-order valence-electron chi connectivity index (χ1n) is 5.61. The summed E-state index contributed by atoms with van der Waals surface area (Å²) in [5.74, 6) is -0.102. The number of carbonyl (C=O) groups excluding carboxylic acids is 1. The molecule has 1 heterocycles. The van der Waals surface area contributed by atoms with Crippen molar-refractivity contribution in [1.82, 2.24) is 10.3 Å². The Morgan fingerprint density at radius 3 is 2.88 bits per heavy atom. The highest BCUT2D eigenvalue weighted by Crippen LogP contribution is 2.05. The van der Waals surface area contributed by atoms with Gasteiger partial charge in [-0.3, -0.25) is 4.79 Å². The van der Waals surface area contributed by atoms with Gasteiger partial charge in [0.25, 0.3) is 5.91 Å². The maximum absolute atomic E-state index is 11.6. The van der Waals surface area contributed by atoms with E-state index < -0.39 is 0 Å². The number of halogens is 1. The second-order valence-electron chi connectivity index (χ2n) is 3.90. The van der Waals surface area contributed by atoms with E-state index in [0.29, 0.717) is 18.7 Å². The van der Waals surface area contributed by atoms with Gasteiger partial charge in [-0.1, -0.05) is 0 Å². The molecule has 0 saturated carbocycles. The summed E-state index contributed by atoms with van der Waals surface area (Å²) < 4.78 is 6.10. The van der Waals surface area contributed by atoms with Crippen LogP contribution in [-0.4, -0.2) is 30.1 Å². The van der Waals surface area contributed by atoms with Crippen LogP contribution in [0.15, 0.2) is 22.9 Å². The van der Waals surface area contributed by atoms with E-state index in [1.165, 1.54) is 0 Å². The van der Waals surface area contributed by atoms with Crippen molar-refractivity contribution in [1.29, 1.82) is 0 Å². The Morgan fingerprint density at radius 1 is 1.53 bits per heavy atom. The van der Waals surface area contributed by atoms with Gasteiger partial charge >= 0.3 is 0 Å². The number of amides is 1.